The van der Waals surface area contributed by atoms with Crippen LogP contribution in [0.2, 0.25) is 0 Å². The number of hydrogen-bond acceptors (Lipinski definition) is 7. The lowest BCUT2D eigenvalue weighted by Gasteiger charge is -2.47. The van der Waals surface area contributed by atoms with Gasteiger partial charge in [0.2, 0.25) is 10.0 Å². The molecule has 1 aromatic carbocycles. The number of aryl methyl sites for hydroxylation is 1. The fourth-order valence-electron chi connectivity index (χ4n) is 4.73. The summed E-state index contributed by atoms with van der Waals surface area (Å²) in [5, 5.41) is 14.8. The maximum atomic E-state index is 13.1. The van der Waals surface area contributed by atoms with Crippen LogP contribution in [-0.4, -0.2) is 77.6 Å². The summed E-state index contributed by atoms with van der Waals surface area (Å²) in [6.45, 7) is 4.11. The Labute approximate surface area is 196 Å². The topological polar surface area (TPSA) is 98.7 Å². The fraction of sp³-hybridized carbons (Fsp3) is 0.545. The van der Waals surface area contributed by atoms with E-state index in [0.29, 0.717) is 50.5 Å². The third-order valence-corrected chi connectivity index (χ3v) is 8.43. The zero-order valence-electron chi connectivity index (χ0n) is 18.8. The largest absolute Gasteiger partial charge is 0.416 e. The average molecular weight is 500 g/mol. The Bertz CT molecular complexity index is 1100. The molecule has 2 fully saturated rings. The van der Waals surface area contributed by atoms with Crippen molar-refractivity contribution in [2.24, 2.45) is 0 Å². The highest BCUT2D eigenvalue weighted by Gasteiger charge is 2.44. The minimum Gasteiger partial charge on any atom is -0.388 e. The molecule has 0 saturated carbocycles. The molecule has 2 saturated heterocycles. The van der Waals surface area contributed by atoms with Gasteiger partial charge in [-0.3, -0.25) is 4.90 Å². The highest BCUT2D eigenvalue weighted by Crippen LogP contribution is 2.38. The van der Waals surface area contributed by atoms with Gasteiger partial charge in [0.1, 0.15) is 5.82 Å². The number of hydrogen-bond donors (Lipinski definition) is 2. The number of sulfonamides is 1. The van der Waals surface area contributed by atoms with Gasteiger partial charge >= 0.3 is 6.18 Å². The molecule has 0 radical (unpaired) electrons. The lowest BCUT2D eigenvalue weighted by atomic mass is 9.82. The van der Waals surface area contributed by atoms with Crippen LogP contribution < -0.4 is 5.32 Å². The SMILES string of the molecule is Cc1nccc(C(N2CCN(S(=O)(=O)c3ccc(C(F)(F)F)cc3)CC2)C2(O)CCNCC2)n1. The number of piperazine rings is 1. The van der Waals surface area contributed by atoms with E-state index >= 15 is 0 Å². The normalized spacial score (nSPS) is 21.3. The molecule has 3 heterocycles. The van der Waals surface area contributed by atoms with E-state index < -0.39 is 33.4 Å². The standard InChI is InChI=1S/C22H28F3N5O3S/c1-16-27-9-6-19(28-16)20(21(31)7-10-26-11-8-21)29-12-14-30(15-13-29)34(32,33)18-4-2-17(3-5-18)22(23,24)25/h2-6,9,20,26,31H,7-8,10-15H2,1H3. The third kappa shape index (κ3) is 5.10. The van der Waals surface area contributed by atoms with E-state index in [1.165, 1.54) is 4.31 Å². The first-order chi connectivity index (χ1) is 16.0. The highest BCUT2D eigenvalue weighted by molar-refractivity contribution is 7.89. The molecule has 0 spiro atoms. The monoisotopic (exact) mass is 499 g/mol. The van der Waals surface area contributed by atoms with Gasteiger partial charge in [0, 0.05) is 32.4 Å². The summed E-state index contributed by atoms with van der Waals surface area (Å²) in [5.41, 5.74) is -1.23. The predicted octanol–water partition coefficient (Wildman–Crippen LogP) is 1.97. The van der Waals surface area contributed by atoms with Crippen LogP contribution in [-0.2, 0) is 16.2 Å². The van der Waals surface area contributed by atoms with Gasteiger partial charge in [0.15, 0.2) is 0 Å². The zero-order valence-corrected chi connectivity index (χ0v) is 19.6. The van der Waals surface area contributed by atoms with Gasteiger partial charge in [-0.2, -0.15) is 17.5 Å². The van der Waals surface area contributed by atoms with Gasteiger partial charge in [-0.25, -0.2) is 18.4 Å². The fourth-order valence-corrected chi connectivity index (χ4v) is 6.15. The van der Waals surface area contributed by atoms with Gasteiger partial charge in [-0.05, 0) is 63.2 Å². The number of rotatable bonds is 5. The minimum absolute atomic E-state index is 0.151. The first kappa shape index (κ1) is 25.0. The lowest BCUT2D eigenvalue weighted by molar-refractivity contribution is -0.137. The first-order valence-corrected chi connectivity index (χ1v) is 12.6. The molecule has 2 N–H and O–H groups in total. The highest BCUT2D eigenvalue weighted by atomic mass is 32.2. The van der Waals surface area contributed by atoms with E-state index in [9.17, 15) is 26.7 Å². The molecule has 1 unspecified atom stereocenters. The van der Waals surface area contributed by atoms with Crippen LogP contribution in [0.4, 0.5) is 13.2 Å². The van der Waals surface area contributed by atoms with Crippen molar-refractivity contribution in [3.63, 3.8) is 0 Å². The molecule has 12 heteroatoms. The summed E-state index contributed by atoms with van der Waals surface area (Å²) in [6, 6.07) is 4.91. The first-order valence-electron chi connectivity index (χ1n) is 11.1. The molecule has 2 aliphatic heterocycles. The van der Waals surface area contributed by atoms with Crippen LogP contribution in [0.5, 0.6) is 0 Å². The van der Waals surface area contributed by atoms with Crippen LogP contribution in [0.1, 0.15) is 36.0 Å². The van der Waals surface area contributed by atoms with Gasteiger partial charge in [-0.15, -0.1) is 0 Å². The molecule has 0 bridgehead atoms. The molecule has 2 aromatic rings. The van der Waals surface area contributed by atoms with E-state index in [1.807, 2.05) is 4.90 Å². The Morgan fingerprint density at radius 1 is 1.06 bits per heavy atom. The van der Waals surface area contributed by atoms with Gasteiger partial charge in [0.05, 0.1) is 27.8 Å². The van der Waals surface area contributed by atoms with E-state index in [4.69, 9.17) is 0 Å². The summed E-state index contributed by atoms with van der Waals surface area (Å²) in [5.74, 6) is 0.587. The quantitative estimate of drug-likeness (QED) is 0.649. The third-order valence-electron chi connectivity index (χ3n) is 6.51. The number of alkyl halides is 3. The molecule has 1 aromatic heterocycles. The van der Waals surface area contributed by atoms with Gasteiger partial charge in [0.25, 0.3) is 0 Å². The number of aliphatic hydroxyl groups is 1. The van der Waals surface area contributed by atoms with Crippen molar-refractivity contribution in [2.45, 2.75) is 42.5 Å². The Balaban J connectivity index is 1.53. The molecule has 0 aliphatic carbocycles. The van der Waals surface area contributed by atoms with Crippen LogP contribution in [0, 0.1) is 6.92 Å². The van der Waals surface area contributed by atoms with Crippen molar-refractivity contribution in [3.8, 4) is 0 Å². The summed E-state index contributed by atoms with van der Waals surface area (Å²) in [7, 11) is -3.94. The molecule has 186 valence electrons. The van der Waals surface area contributed by atoms with E-state index in [0.717, 1.165) is 24.3 Å². The van der Waals surface area contributed by atoms with Crippen LogP contribution in [0.15, 0.2) is 41.4 Å². The zero-order chi connectivity index (χ0) is 24.6. The predicted molar refractivity (Wildman–Crippen MR) is 118 cm³/mol. The Kier molecular flexibility index (Phi) is 6.98. The Morgan fingerprint density at radius 3 is 2.24 bits per heavy atom. The summed E-state index contributed by atoms with van der Waals surface area (Å²) >= 11 is 0. The molecule has 8 nitrogen and oxygen atoms in total. The Morgan fingerprint density at radius 2 is 1.68 bits per heavy atom. The number of halogens is 3. The van der Waals surface area contributed by atoms with Crippen molar-refractivity contribution in [1.29, 1.82) is 0 Å². The minimum atomic E-state index is -4.53. The second-order valence-corrected chi connectivity index (χ2v) is 10.7. The summed E-state index contributed by atoms with van der Waals surface area (Å²) in [6.07, 6.45) is -1.81. The smallest absolute Gasteiger partial charge is 0.388 e. The number of benzene rings is 1. The number of nitrogens with zero attached hydrogens (tertiary/aromatic N) is 4. The summed E-state index contributed by atoms with van der Waals surface area (Å²) < 4.78 is 65.9. The van der Waals surface area contributed by atoms with E-state index in [2.05, 4.69) is 15.3 Å². The van der Waals surface area contributed by atoms with E-state index in [-0.39, 0.29) is 18.0 Å². The van der Waals surface area contributed by atoms with Crippen molar-refractivity contribution < 1.29 is 26.7 Å². The maximum Gasteiger partial charge on any atom is 0.416 e. The Hall–Kier alpha value is -2.12. The molecule has 0 amide bonds. The van der Waals surface area contributed by atoms with Crippen molar-refractivity contribution >= 4 is 10.0 Å². The van der Waals surface area contributed by atoms with Gasteiger partial charge in [-0.1, -0.05) is 0 Å². The second kappa shape index (κ2) is 9.50. The van der Waals surface area contributed by atoms with Crippen molar-refractivity contribution in [2.75, 3.05) is 39.3 Å². The van der Waals surface area contributed by atoms with Crippen LogP contribution >= 0.6 is 0 Å². The van der Waals surface area contributed by atoms with E-state index in [1.54, 1.807) is 19.2 Å². The maximum absolute atomic E-state index is 13.1. The number of aromatic nitrogens is 2. The number of piperidine rings is 1. The second-order valence-electron chi connectivity index (χ2n) is 8.75. The number of nitrogens with one attached hydrogen (secondary N) is 1. The van der Waals surface area contributed by atoms with Crippen molar-refractivity contribution in [1.82, 2.24) is 24.5 Å². The molecule has 1 atom stereocenters. The lowest BCUT2D eigenvalue weighted by Crippen LogP contribution is -2.57. The summed E-state index contributed by atoms with van der Waals surface area (Å²) in [4.78, 5) is 10.6. The molecular formula is C22H28F3N5O3S. The van der Waals surface area contributed by atoms with Crippen molar-refractivity contribution in [3.05, 3.63) is 53.6 Å². The van der Waals surface area contributed by atoms with Crippen LogP contribution in [0.25, 0.3) is 0 Å². The molecule has 34 heavy (non-hydrogen) atoms. The molecule has 4 rings (SSSR count). The molecule has 2 aliphatic rings. The average Bonchev–Trinajstić information content (AvgIpc) is 2.79. The molecular weight excluding hydrogens is 471 g/mol. The van der Waals surface area contributed by atoms with Crippen LogP contribution in [0.3, 0.4) is 0 Å². The van der Waals surface area contributed by atoms with Gasteiger partial charge < -0.3 is 10.4 Å².